The summed E-state index contributed by atoms with van der Waals surface area (Å²) in [5.41, 5.74) is 0. The van der Waals surface area contributed by atoms with Crippen LogP contribution < -0.4 is 0 Å². The van der Waals surface area contributed by atoms with E-state index in [2.05, 4.69) is 41.5 Å². The molecule has 0 aliphatic heterocycles. The molecule has 0 spiro atoms. The molecule has 19 heteroatoms. The molecule has 3 N–H and O–H groups in total. The van der Waals surface area contributed by atoms with Crippen LogP contribution in [0.15, 0.2) is 0 Å². The van der Waals surface area contributed by atoms with Gasteiger partial charge in [0.05, 0.1) is 26.4 Å². The van der Waals surface area contributed by atoms with E-state index >= 15 is 0 Å². The quantitative estimate of drug-likeness (QED) is 0.0222. The van der Waals surface area contributed by atoms with Crippen LogP contribution in [0, 0.1) is 11.8 Å². The average Bonchev–Trinajstić information content (AvgIpc) is 3.58. The van der Waals surface area contributed by atoms with E-state index in [0.717, 1.165) is 102 Å². The van der Waals surface area contributed by atoms with Crippen LogP contribution in [0.1, 0.15) is 324 Å². The van der Waals surface area contributed by atoms with E-state index in [0.29, 0.717) is 25.7 Å². The number of phosphoric ester groups is 2. The fraction of sp³-hybridized carbons (Fsp3) is 0.938. The van der Waals surface area contributed by atoms with Crippen molar-refractivity contribution in [2.45, 2.75) is 342 Å². The van der Waals surface area contributed by atoms with Gasteiger partial charge in [0, 0.05) is 25.7 Å². The van der Waals surface area contributed by atoms with Gasteiger partial charge in [-0.1, -0.05) is 273 Å². The van der Waals surface area contributed by atoms with E-state index in [4.69, 9.17) is 37.0 Å². The van der Waals surface area contributed by atoms with Gasteiger partial charge in [-0.05, 0) is 37.5 Å². The fourth-order valence-electron chi connectivity index (χ4n) is 9.64. The number of rotatable bonds is 64. The minimum absolute atomic E-state index is 0.104. The molecule has 0 fully saturated rings. The molecule has 7 atom stereocenters. The van der Waals surface area contributed by atoms with Gasteiger partial charge in [0.1, 0.15) is 19.3 Å². The van der Waals surface area contributed by atoms with Crippen LogP contribution in [0.2, 0.25) is 0 Å². The lowest BCUT2D eigenvalue weighted by atomic mass is 9.99. The molecule has 4 unspecified atom stereocenters. The molecule has 0 aliphatic carbocycles. The predicted molar refractivity (Wildman–Crippen MR) is 335 cm³/mol. The van der Waals surface area contributed by atoms with Crippen molar-refractivity contribution in [1.82, 2.24) is 0 Å². The second kappa shape index (κ2) is 57.5. The van der Waals surface area contributed by atoms with Gasteiger partial charge in [-0.25, -0.2) is 9.13 Å². The third-order valence-electron chi connectivity index (χ3n) is 15.7. The van der Waals surface area contributed by atoms with Crippen molar-refractivity contribution in [2.24, 2.45) is 11.8 Å². The normalized spacial score (nSPS) is 14.9. The SMILES string of the molecule is CCCCCCCCCCCCCC(=O)O[C@H](COC(=O)CCCCCCCCCCC)COP(=O)(O)OC[C@H](O)COP(=O)(O)OC[C@@H](COC(=O)CCCCCCCCCCC(C)CC)OC(=O)CCCCCCCCCCC(C)CC. The maximum atomic E-state index is 13.0. The van der Waals surface area contributed by atoms with Gasteiger partial charge in [-0.3, -0.25) is 37.3 Å². The molecule has 84 heavy (non-hydrogen) atoms. The minimum Gasteiger partial charge on any atom is -0.462 e. The summed E-state index contributed by atoms with van der Waals surface area (Å²) in [6.45, 7) is 9.49. The lowest BCUT2D eigenvalue weighted by Gasteiger charge is -2.21. The Labute approximate surface area is 511 Å². The summed E-state index contributed by atoms with van der Waals surface area (Å²) in [5, 5.41) is 10.5. The number of ether oxygens (including phenoxy) is 4. The Hall–Kier alpha value is -1.94. The molecule has 0 aromatic rings. The van der Waals surface area contributed by atoms with Crippen LogP contribution >= 0.6 is 15.6 Å². The molecule has 0 aromatic heterocycles. The zero-order chi connectivity index (χ0) is 62.2. The molecule has 0 saturated heterocycles. The van der Waals surface area contributed by atoms with Crippen molar-refractivity contribution >= 4 is 39.5 Å². The maximum Gasteiger partial charge on any atom is 0.472 e. The van der Waals surface area contributed by atoms with E-state index in [9.17, 15) is 43.2 Å². The topological polar surface area (TPSA) is 237 Å². The van der Waals surface area contributed by atoms with Gasteiger partial charge < -0.3 is 33.8 Å². The third-order valence-corrected chi connectivity index (χ3v) is 17.6. The molecule has 0 radical (unpaired) electrons. The molecule has 17 nitrogen and oxygen atoms in total. The first kappa shape index (κ1) is 82.1. The zero-order valence-electron chi connectivity index (χ0n) is 54.2. The molecule has 0 aliphatic rings. The van der Waals surface area contributed by atoms with Crippen LogP contribution in [0.25, 0.3) is 0 Å². The lowest BCUT2D eigenvalue weighted by Crippen LogP contribution is -2.30. The number of aliphatic hydroxyl groups is 1. The van der Waals surface area contributed by atoms with Gasteiger partial charge in [0.15, 0.2) is 12.2 Å². The molecule has 0 saturated carbocycles. The van der Waals surface area contributed by atoms with Crippen molar-refractivity contribution in [3.05, 3.63) is 0 Å². The molecule has 0 bridgehead atoms. The Balaban J connectivity index is 5.25. The van der Waals surface area contributed by atoms with E-state index in [-0.39, 0.29) is 25.7 Å². The van der Waals surface area contributed by atoms with Gasteiger partial charge in [-0.2, -0.15) is 0 Å². The van der Waals surface area contributed by atoms with Crippen LogP contribution in [0.3, 0.4) is 0 Å². The highest BCUT2D eigenvalue weighted by atomic mass is 31.2. The highest BCUT2D eigenvalue weighted by Crippen LogP contribution is 2.45. The molecule has 0 heterocycles. The van der Waals surface area contributed by atoms with E-state index in [1.807, 2.05) is 0 Å². The lowest BCUT2D eigenvalue weighted by molar-refractivity contribution is -0.161. The Morgan fingerprint density at radius 3 is 0.845 bits per heavy atom. The first-order valence-corrected chi connectivity index (χ1v) is 37.1. The van der Waals surface area contributed by atoms with Gasteiger partial charge in [0.2, 0.25) is 0 Å². The fourth-order valence-corrected chi connectivity index (χ4v) is 11.2. The second-order valence-corrected chi connectivity index (χ2v) is 26.9. The molecule has 498 valence electrons. The Morgan fingerprint density at radius 1 is 0.333 bits per heavy atom. The number of hydrogen-bond donors (Lipinski definition) is 3. The first-order valence-electron chi connectivity index (χ1n) is 34.1. The van der Waals surface area contributed by atoms with Gasteiger partial charge in [-0.15, -0.1) is 0 Å². The number of carbonyl (C=O) groups is 4. The number of carbonyl (C=O) groups excluding carboxylic acids is 4. The Kier molecular flexibility index (Phi) is 56.2. The number of unbranched alkanes of at least 4 members (excludes halogenated alkanes) is 32. The summed E-state index contributed by atoms with van der Waals surface area (Å²) in [7, 11) is -9.89. The minimum atomic E-state index is -4.95. The molecule has 0 amide bonds. The Bertz CT molecular complexity index is 1650. The predicted octanol–water partition coefficient (Wildman–Crippen LogP) is 18.0. The molecular formula is C65H126O17P2. The van der Waals surface area contributed by atoms with Crippen LogP contribution in [0.5, 0.6) is 0 Å². The summed E-state index contributed by atoms with van der Waals surface area (Å²) < 4.78 is 68.0. The monoisotopic (exact) mass is 1240 g/mol. The molecule has 0 rings (SSSR count). The molecule has 0 aromatic carbocycles. The van der Waals surface area contributed by atoms with Gasteiger partial charge >= 0.3 is 39.5 Å². The van der Waals surface area contributed by atoms with Crippen molar-refractivity contribution in [1.29, 1.82) is 0 Å². The van der Waals surface area contributed by atoms with E-state index in [1.54, 1.807) is 0 Å². The van der Waals surface area contributed by atoms with Gasteiger partial charge in [0.25, 0.3) is 0 Å². The van der Waals surface area contributed by atoms with Crippen LogP contribution in [-0.2, 0) is 65.4 Å². The number of esters is 4. The number of hydrogen-bond acceptors (Lipinski definition) is 15. The summed E-state index contributed by atoms with van der Waals surface area (Å²) >= 11 is 0. The summed E-state index contributed by atoms with van der Waals surface area (Å²) in [6, 6.07) is 0. The van der Waals surface area contributed by atoms with Crippen LogP contribution in [0.4, 0.5) is 0 Å². The number of phosphoric acid groups is 2. The van der Waals surface area contributed by atoms with Crippen molar-refractivity contribution in [3.63, 3.8) is 0 Å². The Morgan fingerprint density at radius 2 is 0.571 bits per heavy atom. The third kappa shape index (κ3) is 56.6. The number of aliphatic hydroxyl groups excluding tert-OH is 1. The highest BCUT2D eigenvalue weighted by Gasteiger charge is 2.30. The molecular weight excluding hydrogens is 1110 g/mol. The van der Waals surface area contributed by atoms with E-state index in [1.165, 1.54) is 141 Å². The van der Waals surface area contributed by atoms with Crippen molar-refractivity contribution in [2.75, 3.05) is 39.6 Å². The summed E-state index contributed by atoms with van der Waals surface area (Å²) in [4.78, 5) is 72.2. The van der Waals surface area contributed by atoms with Crippen molar-refractivity contribution in [3.8, 4) is 0 Å². The smallest absolute Gasteiger partial charge is 0.462 e. The maximum absolute atomic E-state index is 13.0. The van der Waals surface area contributed by atoms with E-state index < -0.39 is 97.5 Å². The summed E-state index contributed by atoms with van der Waals surface area (Å²) in [6.07, 6.45) is 40.1. The standard InChI is InChI=1S/C65H126O17P2/c1-7-11-13-15-17-19-20-22-31-37-43-49-64(69)81-60(53-75-62(67)47-41-35-29-21-18-16-14-12-8-2)55-79-83(71,72)77-51-59(66)52-78-84(73,74)80-56-61(82-65(70)50-44-38-32-26-24-28-34-40-46-58(6)10-4)54-76-63(68)48-42-36-30-25-23-27-33-39-45-57(5)9-3/h57-61,66H,7-56H2,1-6H3,(H,71,72)(H,73,74)/t57?,58?,59-,60+,61+/m0/s1. The zero-order valence-corrected chi connectivity index (χ0v) is 56.0. The largest absolute Gasteiger partial charge is 0.472 e. The summed E-state index contributed by atoms with van der Waals surface area (Å²) in [5.74, 6) is -0.586. The average molecular weight is 1240 g/mol. The first-order chi connectivity index (χ1) is 40.4. The highest BCUT2D eigenvalue weighted by molar-refractivity contribution is 7.47. The van der Waals surface area contributed by atoms with Crippen molar-refractivity contribution < 1.29 is 80.2 Å². The second-order valence-electron chi connectivity index (χ2n) is 24.0. The van der Waals surface area contributed by atoms with Crippen LogP contribution in [-0.4, -0.2) is 96.7 Å².